The maximum atomic E-state index is 10.5. The molecule has 1 aliphatic heterocycles. The molecule has 0 radical (unpaired) electrons. The first-order chi connectivity index (χ1) is 14.9. The quantitative estimate of drug-likeness (QED) is 0.637. The van der Waals surface area contributed by atoms with Gasteiger partial charge in [-0.25, -0.2) is 0 Å². The van der Waals surface area contributed by atoms with Gasteiger partial charge in [0.1, 0.15) is 6.07 Å². The zero-order valence-electron chi connectivity index (χ0n) is 18.6. The SMILES string of the molecule is C[C@]12CC[C@H](O)CC1=CC[C@@H]1[C@@H]2CC[C@@]2(C)[C@H]1C[C@H]1C(c3ccccc3)=NO[C@]12C#N. The van der Waals surface area contributed by atoms with E-state index < -0.39 is 5.60 Å². The highest BCUT2D eigenvalue weighted by atomic mass is 16.7. The van der Waals surface area contributed by atoms with Crippen LogP contribution < -0.4 is 0 Å². The largest absolute Gasteiger partial charge is 0.393 e. The van der Waals surface area contributed by atoms with E-state index in [1.807, 2.05) is 18.2 Å². The normalized spacial score (nSPS) is 47.6. The van der Waals surface area contributed by atoms with E-state index in [0.29, 0.717) is 17.8 Å². The van der Waals surface area contributed by atoms with Crippen LogP contribution in [0.1, 0.15) is 64.4 Å². The minimum absolute atomic E-state index is 0.0417. The average molecular weight is 417 g/mol. The van der Waals surface area contributed by atoms with E-state index in [4.69, 9.17) is 4.84 Å². The fraction of sp³-hybridized carbons (Fsp3) is 0.630. The molecule has 1 aromatic rings. The van der Waals surface area contributed by atoms with E-state index in [9.17, 15) is 10.4 Å². The summed E-state index contributed by atoms with van der Waals surface area (Å²) in [6, 6.07) is 12.9. The molecule has 5 aliphatic rings. The number of aliphatic hydroxyl groups is 1. The Morgan fingerprint density at radius 2 is 1.94 bits per heavy atom. The van der Waals surface area contributed by atoms with Crippen molar-refractivity contribution in [1.82, 2.24) is 0 Å². The fourth-order valence-electron chi connectivity index (χ4n) is 8.42. The molecule has 3 saturated carbocycles. The van der Waals surface area contributed by atoms with Gasteiger partial charge in [-0.2, -0.15) is 5.26 Å². The Hall–Kier alpha value is -2.12. The molecule has 0 saturated heterocycles. The van der Waals surface area contributed by atoms with E-state index >= 15 is 0 Å². The summed E-state index contributed by atoms with van der Waals surface area (Å²) in [6.07, 6.45) is 9.36. The maximum Gasteiger partial charge on any atom is 0.236 e. The highest BCUT2D eigenvalue weighted by molar-refractivity contribution is 6.04. The van der Waals surface area contributed by atoms with E-state index in [2.05, 4.69) is 43.3 Å². The number of aliphatic hydroxyl groups excluding tert-OH is 1. The van der Waals surface area contributed by atoms with Gasteiger partial charge in [0.15, 0.2) is 0 Å². The molecule has 0 unspecified atom stereocenters. The molecule has 31 heavy (non-hydrogen) atoms. The lowest BCUT2D eigenvalue weighted by Gasteiger charge is -2.58. The molecule has 1 N–H and O–H groups in total. The van der Waals surface area contributed by atoms with Gasteiger partial charge in [0.2, 0.25) is 5.60 Å². The predicted molar refractivity (Wildman–Crippen MR) is 119 cm³/mol. The monoisotopic (exact) mass is 416 g/mol. The van der Waals surface area contributed by atoms with Crippen molar-refractivity contribution in [2.24, 2.45) is 39.7 Å². The van der Waals surface area contributed by atoms with Crippen molar-refractivity contribution in [2.45, 2.75) is 70.5 Å². The Bertz CT molecular complexity index is 1010. The molecular formula is C27H32N2O2. The van der Waals surface area contributed by atoms with Crippen LogP contribution in [-0.2, 0) is 4.84 Å². The zero-order chi connectivity index (χ0) is 21.4. The Labute approximate surface area is 185 Å². The second kappa shape index (κ2) is 6.45. The maximum absolute atomic E-state index is 10.5. The van der Waals surface area contributed by atoms with Gasteiger partial charge in [-0.05, 0) is 73.7 Å². The number of benzene rings is 1. The van der Waals surface area contributed by atoms with Gasteiger partial charge in [-0.3, -0.25) is 0 Å². The molecule has 6 rings (SSSR count). The lowest BCUT2D eigenvalue weighted by molar-refractivity contribution is -0.124. The summed E-state index contributed by atoms with van der Waals surface area (Å²) in [6.45, 7) is 4.76. The number of fused-ring (bicyclic) bond motifs is 7. The van der Waals surface area contributed by atoms with Crippen molar-refractivity contribution in [3.8, 4) is 6.07 Å². The minimum atomic E-state index is -0.846. The molecule has 0 spiro atoms. The molecule has 162 valence electrons. The standard InChI is InChI=1S/C27H32N2O2/c1-25-12-10-19(30)14-18(25)8-9-20-21(25)11-13-26(2)22(20)15-23-24(17-6-4-3-5-7-17)29-31-27(23,26)16-28/h3-8,19-23,30H,9-15H2,1-2H3/t19-,20+,21-,22-,23-,25-,26-,27+/m0/s1. The minimum Gasteiger partial charge on any atom is -0.393 e. The van der Waals surface area contributed by atoms with Crippen LogP contribution in [0.3, 0.4) is 0 Å². The number of nitrogens with zero attached hydrogens (tertiary/aromatic N) is 2. The van der Waals surface area contributed by atoms with Crippen molar-refractivity contribution >= 4 is 5.71 Å². The average Bonchev–Trinajstić information content (AvgIpc) is 3.28. The van der Waals surface area contributed by atoms with Crippen LogP contribution >= 0.6 is 0 Å². The third-order valence-electron chi connectivity index (χ3n) is 10.2. The lowest BCUT2D eigenvalue weighted by atomic mass is 9.47. The Morgan fingerprint density at radius 3 is 2.71 bits per heavy atom. The summed E-state index contributed by atoms with van der Waals surface area (Å²) in [5.74, 6) is 1.73. The molecule has 0 aromatic heterocycles. The lowest BCUT2D eigenvalue weighted by Crippen LogP contribution is -2.55. The van der Waals surface area contributed by atoms with Gasteiger partial charge in [0.05, 0.1) is 17.7 Å². The summed E-state index contributed by atoms with van der Waals surface area (Å²) >= 11 is 0. The van der Waals surface area contributed by atoms with Crippen LogP contribution in [0.15, 0.2) is 47.1 Å². The molecule has 0 amide bonds. The van der Waals surface area contributed by atoms with Crippen LogP contribution in [-0.4, -0.2) is 22.5 Å². The van der Waals surface area contributed by atoms with Gasteiger partial charge >= 0.3 is 0 Å². The molecule has 0 bridgehead atoms. The second-order valence-electron chi connectivity index (χ2n) is 11.2. The summed E-state index contributed by atoms with van der Waals surface area (Å²) in [5.41, 5.74) is 2.73. The van der Waals surface area contributed by atoms with Crippen LogP contribution in [0, 0.1) is 45.8 Å². The molecule has 1 aromatic carbocycles. The van der Waals surface area contributed by atoms with Gasteiger partial charge < -0.3 is 9.94 Å². The molecule has 4 heteroatoms. The van der Waals surface area contributed by atoms with Gasteiger partial charge in [-0.1, -0.05) is 61.0 Å². The van der Waals surface area contributed by atoms with E-state index in [1.165, 1.54) is 5.57 Å². The van der Waals surface area contributed by atoms with Crippen LogP contribution in [0.5, 0.6) is 0 Å². The van der Waals surface area contributed by atoms with E-state index in [0.717, 1.165) is 56.2 Å². The summed E-state index contributed by atoms with van der Waals surface area (Å²) in [4.78, 5) is 6.16. The first-order valence-electron chi connectivity index (χ1n) is 12.0. The zero-order valence-corrected chi connectivity index (χ0v) is 18.6. The summed E-state index contributed by atoms with van der Waals surface area (Å²) in [5, 5.41) is 25.2. The third kappa shape index (κ3) is 2.36. The van der Waals surface area contributed by atoms with E-state index in [1.54, 1.807) is 0 Å². The number of allylic oxidation sites excluding steroid dienone is 1. The van der Waals surface area contributed by atoms with Crippen molar-refractivity contribution in [3.05, 3.63) is 47.5 Å². The van der Waals surface area contributed by atoms with Crippen molar-refractivity contribution in [3.63, 3.8) is 0 Å². The number of nitriles is 1. The Balaban J connectivity index is 1.39. The molecule has 4 nitrogen and oxygen atoms in total. The first kappa shape index (κ1) is 19.6. The fourth-order valence-corrected chi connectivity index (χ4v) is 8.42. The molecule has 8 atom stereocenters. The smallest absolute Gasteiger partial charge is 0.236 e. The topological polar surface area (TPSA) is 65.6 Å². The summed E-state index contributed by atoms with van der Waals surface area (Å²) in [7, 11) is 0. The first-order valence-corrected chi connectivity index (χ1v) is 12.0. The Kier molecular flexibility index (Phi) is 4.07. The second-order valence-corrected chi connectivity index (χ2v) is 11.2. The Morgan fingerprint density at radius 1 is 1.13 bits per heavy atom. The number of hydrogen-bond donors (Lipinski definition) is 1. The predicted octanol–water partition coefficient (Wildman–Crippen LogP) is 5.23. The van der Waals surface area contributed by atoms with Crippen LogP contribution in [0.4, 0.5) is 0 Å². The van der Waals surface area contributed by atoms with Gasteiger partial charge in [0.25, 0.3) is 0 Å². The van der Waals surface area contributed by atoms with Gasteiger partial charge in [0, 0.05) is 5.41 Å². The molecule has 4 aliphatic carbocycles. The summed E-state index contributed by atoms with van der Waals surface area (Å²) < 4.78 is 0. The van der Waals surface area contributed by atoms with Crippen molar-refractivity contribution < 1.29 is 9.94 Å². The molecule has 3 fully saturated rings. The third-order valence-corrected chi connectivity index (χ3v) is 10.2. The molecular weight excluding hydrogens is 384 g/mol. The van der Waals surface area contributed by atoms with Gasteiger partial charge in [-0.15, -0.1) is 0 Å². The number of oxime groups is 1. The number of hydrogen-bond acceptors (Lipinski definition) is 4. The highest BCUT2D eigenvalue weighted by Crippen LogP contribution is 2.70. The number of rotatable bonds is 1. The van der Waals surface area contributed by atoms with Crippen molar-refractivity contribution in [1.29, 1.82) is 5.26 Å². The van der Waals surface area contributed by atoms with E-state index in [-0.39, 0.29) is 22.9 Å². The van der Waals surface area contributed by atoms with Crippen molar-refractivity contribution in [2.75, 3.05) is 0 Å². The molecule has 1 heterocycles. The van der Waals surface area contributed by atoms with Crippen LogP contribution in [0.25, 0.3) is 0 Å². The van der Waals surface area contributed by atoms with Crippen LogP contribution in [0.2, 0.25) is 0 Å². The highest BCUT2D eigenvalue weighted by Gasteiger charge is 2.72.